The van der Waals surface area contributed by atoms with E-state index in [9.17, 15) is 13.4 Å². The Morgan fingerprint density at radius 2 is 1.85 bits per heavy atom. The van der Waals surface area contributed by atoms with Crippen LogP contribution in [0.5, 0.6) is 5.75 Å². The maximum Gasteiger partial charge on any atom is 0.265 e. The number of piperidine rings is 1. The molecule has 2 aromatic rings. The molecule has 0 aromatic heterocycles. The van der Waals surface area contributed by atoms with Gasteiger partial charge in [0.25, 0.3) is 5.91 Å². The number of benzene rings is 2. The number of aryl methyl sites for hydroxylation is 1. The van der Waals surface area contributed by atoms with Gasteiger partial charge in [0.2, 0.25) is 0 Å². The first-order valence-corrected chi connectivity index (χ1v) is 13.8. The van der Waals surface area contributed by atoms with Crippen molar-refractivity contribution in [3.05, 3.63) is 62.9 Å². The van der Waals surface area contributed by atoms with E-state index in [4.69, 9.17) is 27.9 Å². The number of carbonyl (C=O) groups excluding carboxylic acids is 1. The molecule has 2 N–H and O–H groups in total. The second kappa shape index (κ2) is 12.9. The van der Waals surface area contributed by atoms with Gasteiger partial charge in [-0.3, -0.25) is 9.52 Å². The molecule has 1 atom stereocenters. The predicted octanol–water partition coefficient (Wildman–Crippen LogP) is 5.66. The zero-order valence-electron chi connectivity index (χ0n) is 19.5. The first-order valence-electron chi connectivity index (χ1n) is 11.5. The lowest BCUT2D eigenvalue weighted by atomic mass is 9.99. The fraction of sp³-hybridized carbons (Fsp3) is 0.480. The molecule has 2 fully saturated rings. The van der Waals surface area contributed by atoms with Gasteiger partial charge in [0.15, 0.2) is 0 Å². The van der Waals surface area contributed by atoms with E-state index >= 15 is 0 Å². The zero-order valence-corrected chi connectivity index (χ0v) is 21.8. The highest BCUT2D eigenvalue weighted by molar-refractivity contribution is 7.82. The van der Waals surface area contributed by atoms with Crippen molar-refractivity contribution in [2.75, 3.05) is 26.0 Å². The monoisotopic (exact) mass is 528 g/mol. The maximum absolute atomic E-state index is 14.3. The van der Waals surface area contributed by atoms with Gasteiger partial charge in [0.05, 0.1) is 22.2 Å². The largest absolute Gasteiger partial charge is 0.493 e. The number of rotatable bonds is 7. The van der Waals surface area contributed by atoms with Crippen LogP contribution in [0.2, 0.25) is 10.0 Å². The highest BCUT2D eigenvalue weighted by Crippen LogP contribution is 2.45. The zero-order chi connectivity index (χ0) is 24.7. The van der Waals surface area contributed by atoms with E-state index in [0.717, 1.165) is 50.8 Å². The van der Waals surface area contributed by atoms with Crippen molar-refractivity contribution in [1.82, 2.24) is 10.0 Å². The van der Waals surface area contributed by atoms with E-state index in [-0.39, 0.29) is 5.56 Å². The van der Waals surface area contributed by atoms with Gasteiger partial charge in [-0.2, -0.15) is 0 Å². The first kappa shape index (κ1) is 26.9. The third-order valence-electron chi connectivity index (χ3n) is 5.92. The summed E-state index contributed by atoms with van der Waals surface area (Å²) in [6.07, 6.45) is 6.51. The summed E-state index contributed by atoms with van der Waals surface area (Å²) in [5.41, 5.74) is 2.04. The molecule has 0 spiro atoms. The van der Waals surface area contributed by atoms with Crippen LogP contribution in [-0.2, 0) is 17.4 Å². The maximum atomic E-state index is 14.3. The average Bonchev–Trinajstić information content (AvgIpc) is 3.65. The number of halogens is 3. The van der Waals surface area contributed by atoms with E-state index in [0.29, 0.717) is 34.2 Å². The second-order valence-electron chi connectivity index (χ2n) is 8.64. The van der Waals surface area contributed by atoms with Crippen molar-refractivity contribution in [3.8, 4) is 5.75 Å². The Labute approximate surface area is 213 Å². The van der Waals surface area contributed by atoms with Crippen LogP contribution in [0.25, 0.3) is 0 Å². The van der Waals surface area contributed by atoms with E-state index in [2.05, 4.69) is 17.0 Å². The molecule has 4 rings (SSSR count). The molecule has 9 heteroatoms. The summed E-state index contributed by atoms with van der Waals surface area (Å²) >= 11 is 11.5. The van der Waals surface area contributed by atoms with Crippen molar-refractivity contribution < 1.29 is 18.1 Å². The van der Waals surface area contributed by atoms with Crippen molar-refractivity contribution >= 4 is 40.1 Å². The smallest absolute Gasteiger partial charge is 0.265 e. The van der Waals surface area contributed by atoms with Crippen LogP contribution in [0.1, 0.15) is 60.0 Å². The van der Waals surface area contributed by atoms with Gasteiger partial charge in [0, 0.05) is 12.3 Å². The Morgan fingerprint density at radius 1 is 1.15 bits per heavy atom. The molecular formula is C25H31Cl2FN2O3S. The van der Waals surface area contributed by atoms with Crippen LogP contribution in [0.4, 0.5) is 4.39 Å². The summed E-state index contributed by atoms with van der Waals surface area (Å²) in [6, 6.07) is 8.57. The van der Waals surface area contributed by atoms with Crippen LogP contribution in [0.15, 0.2) is 30.3 Å². The number of amides is 1. The summed E-state index contributed by atoms with van der Waals surface area (Å²) in [5.74, 6) is 0.0599. The standard InChI is InChI=1S/C17H23FN2O3S.C8H8Cl2/c1-24(22)20-17(21)14-8-13(12-2-3-12)16(9-15(14)18)23-10-11-4-6-19-7-5-11;1-2-6-3-4-7(9)8(10)5-6/h8-9,11-12,19H,2-7,10H2,1H3,(H,20,21);3-5H,2H2,1H3. The minimum atomic E-state index is -1.52. The molecule has 5 nitrogen and oxygen atoms in total. The molecule has 0 bridgehead atoms. The number of nitrogens with one attached hydrogen (secondary N) is 2. The minimum Gasteiger partial charge on any atom is -0.493 e. The average molecular weight is 530 g/mol. The Bertz CT molecular complexity index is 1030. The highest BCUT2D eigenvalue weighted by Gasteiger charge is 2.30. The molecular weight excluding hydrogens is 498 g/mol. The Kier molecular flexibility index (Phi) is 10.2. The lowest BCUT2D eigenvalue weighted by molar-refractivity contribution is 0.0979. The molecule has 2 aliphatic rings. The fourth-order valence-electron chi connectivity index (χ4n) is 3.79. The molecule has 34 heavy (non-hydrogen) atoms. The molecule has 186 valence electrons. The topological polar surface area (TPSA) is 67.4 Å². The van der Waals surface area contributed by atoms with Gasteiger partial charge >= 0.3 is 0 Å². The van der Waals surface area contributed by atoms with Crippen LogP contribution >= 0.6 is 23.2 Å². The Morgan fingerprint density at radius 3 is 2.44 bits per heavy atom. The lowest BCUT2D eigenvalue weighted by Crippen LogP contribution is -2.30. The summed E-state index contributed by atoms with van der Waals surface area (Å²) in [4.78, 5) is 12.0. The quantitative estimate of drug-likeness (QED) is 0.486. The van der Waals surface area contributed by atoms with Crippen molar-refractivity contribution in [3.63, 3.8) is 0 Å². The van der Waals surface area contributed by atoms with Gasteiger partial charge in [-0.1, -0.05) is 36.2 Å². The number of hydrogen-bond donors (Lipinski definition) is 2. The SMILES string of the molecule is CCc1ccc(Cl)c(Cl)c1.CS(=O)NC(=O)c1cc(C2CC2)c(OCC2CCNCC2)cc1F. The molecule has 1 heterocycles. The normalized spacial score (nSPS) is 16.9. The van der Waals surface area contributed by atoms with Crippen LogP contribution in [0, 0.1) is 11.7 Å². The summed E-state index contributed by atoms with van der Waals surface area (Å²) in [5, 5.41) is 4.58. The van der Waals surface area contributed by atoms with E-state index < -0.39 is 22.7 Å². The predicted molar refractivity (Wildman–Crippen MR) is 137 cm³/mol. The van der Waals surface area contributed by atoms with E-state index in [1.165, 1.54) is 17.9 Å². The van der Waals surface area contributed by atoms with Gasteiger partial charge in [-0.25, -0.2) is 8.60 Å². The number of carbonyl (C=O) groups is 1. The molecule has 0 radical (unpaired) electrons. The van der Waals surface area contributed by atoms with Crippen molar-refractivity contribution in [2.24, 2.45) is 5.92 Å². The van der Waals surface area contributed by atoms with Gasteiger partial charge in [-0.15, -0.1) is 0 Å². The van der Waals surface area contributed by atoms with Crippen molar-refractivity contribution in [2.45, 2.75) is 44.9 Å². The summed E-state index contributed by atoms with van der Waals surface area (Å²) < 4.78 is 33.6. The Balaban J connectivity index is 0.000000271. The van der Waals surface area contributed by atoms with Crippen LogP contribution < -0.4 is 14.8 Å². The molecule has 2 aromatic carbocycles. The van der Waals surface area contributed by atoms with Gasteiger partial charge < -0.3 is 10.1 Å². The number of ether oxygens (including phenoxy) is 1. The molecule has 1 saturated heterocycles. The van der Waals surface area contributed by atoms with Gasteiger partial charge in [0.1, 0.15) is 22.6 Å². The summed E-state index contributed by atoms with van der Waals surface area (Å²) in [6.45, 7) is 4.64. The third-order valence-corrected chi connectivity index (χ3v) is 7.14. The summed E-state index contributed by atoms with van der Waals surface area (Å²) in [7, 11) is -1.52. The fourth-order valence-corrected chi connectivity index (χ4v) is 4.48. The minimum absolute atomic E-state index is 0.0682. The lowest BCUT2D eigenvalue weighted by Gasteiger charge is -2.23. The van der Waals surface area contributed by atoms with E-state index in [1.807, 2.05) is 18.2 Å². The van der Waals surface area contributed by atoms with Crippen LogP contribution in [0.3, 0.4) is 0 Å². The molecule has 1 saturated carbocycles. The molecule has 1 unspecified atom stereocenters. The third kappa shape index (κ3) is 7.94. The van der Waals surface area contributed by atoms with Crippen molar-refractivity contribution in [1.29, 1.82) is 0 Å². The van der Waals surface area contributed by atoms with Gasteiger partial charge in [-0.05, 0) is 86.4 Å². The molecule has 1 amide bonds. The number of hydrogen-bond acceptors (Lipinski definition) is 4. The first-order chi connectivity index (χ1) is 16.3. The Hall–Kier alpha value is -1.67. The molecule has 1 aliphatic carbocycles. The second-order valence-corrected chi connectivity index (χ2v) is 10.6. The highest BCUT2D eigenvalue weighted by atomic mass is 35.5. The van der Waals surface area contributed by atoms with Crippen LogP contribution in [-0.4, -0.2) is 36.1 Å². The molecule has 1 aliphatic heterocycles. The van der Waals surface area contributed by atoms with E-state index in [1.54, 1.807) is 6.07 Å².